The first-order valence-electron chi connectivity index (χ1n) is 4.88. The summed E-state index contributed by atoms with van der Waals surface area (Å²) in [5.41, 5.74) is 5.39. The zero-order valence-corrected chi connectivity index (χ0v) is 9.29. The number of hydrogen-bond donors (Lipinski definition) is 1. The maximum Gasteiger partial charge on any atom is 0.316 e. The van der Waals surface area contributed by atoms with Crippen LogP contribution >= 0.6 is 0 Å². The van der Waals surface area contributed by atoms with Gasteiger partial charge in [-0.3, -0.25) is 15.1 Å². The van der Waals surface area contributed by atoms with Gasteiger partial charge in [-0.25, -0.2) is 14.4 Å². The zero-order valence-electron chi connectivity index (χ0n) is 9.29. The van der Waals surface area contributed by atoms with E-state index in [2.05, 4.69) is 15.0 Å². The molecule has 0 fully saturated rings. The van der Waals surface area contributed by atoms with Crippen LogP contribution in [-0.2, 0) is 0 Å². The Morgan fingerprint density at radius 1 is 1.39 bits per heavy atom. The molecule has 2 heterocycles. The molecule has 0 aromatic carbocycles. The Morgan fingerprint density at radius 2 is 2.11 bits per heavy atom. The summed E-state index contributed by atoms with van der Waals surface area (Å²) in [4.78, 5) is 21.5. The van der Waals surface area contributed by atoms with Gasteiger partial charge in [0.2, 0.25) is 5.95 Å². The number of nitro groups is 1. The largest absolute Gasteiger partial charge is 0.368 e. The summed E-state index contributed by atoms with van der Waals surface area (Å²) in [6.07, 6.45) is 2.27. The molecule has 18 heavy (non-hydrogen) atoms. The minimum Gasteiger partial charge on any atom is -0.368 e. The van der Waals surface area contributed by atoms with Gasteiger partial charge < -0.3 is 5.73 Å². The Balaban J connectivity index is 2.73. The summed E-state index contributed by atoms with van der Waals surface area (Å²) in [7, 11) is 0. The predicted molar refractivity (Wildman–Crippen MR) is 61.0 cm³/mol. The second-order valence-corrected chi connectivity index (χ2v) is 3.51. The van der Waals surface area contributed by atoms with Crippen LogP contribution < -0.4 is 5.73 Å². The Morgan fingerprint density at radius 3 is 2.72 bits per heavy atom. The van der Waals surface area contributed by atoms with Crippen molar-refractivity contribution in [1.29, 1.82) is 0 Å². The molecule has 8 heteroatoms. The average molecular weight is 249 g/mol. The molecule has 0 radical (unpaired) electrons. The fourth-order valence-electron chi connectivity index (χ4n) is 1.55. The summed E-state index contributed by atoms with van der Waals surface area (Å²) >= 11 is 0. The minimum absolute atomic E-state index is 0.0444. The Kier molecular flexibility index (Phi) is 2.84. The molecule has 0 saturated carbocycles. The Hall–Kier alpha value is -2.64. The van der Waals surface area contributed by atoms with Crippen LogP contribution in [0.1, 0.15) is 5.69 Å². The highest BCUT2D eigenvalue weighted by Crippen LogP contribution is 2.30. The number of anilines is 1. The smallest absolute Gasteiger partial charge is 0.316 e. The number of nitrogens with two attached hydrogens (primary N) is 1. The van der Waals surface area contributed by atoms with Crippen molar-refractivity contribution in [3.8, 4) is 11.3 Å². The van der Waals surface area contributed by atoms with Gasteiger partial charge in [-0.2, -0.15) is 0 Å². The summed E-state index contributed by atoms with van der Waals surface area (Å²) in [6, 6.07) is 1.10. The van der Waals surface area contributed by atoms with Crippen LogP contribution in [-0.4, -0.2) is 19.9 Å². The van der Waals surface area contributed by atoms with Crippen LogP contribution in [0.15, 0.2) is 18.5 Å². The fraction of sp³-hybridized carbons (Fsp3) is 0.100. The zero-order chi connectivity index (χ0) is 13.3. The van der Waals surface area contributed by atoms with Crippen molar-refractivity contribution in [2.45, 2.75) is 6.92 Å². The summed E-state index contributed by atoms with van der Waals surface area (Å²) in [5.74, 6) is -0.728. The van der Waals surface area contributed by atoms with Gasteiger partial charge in [0.15, 0.2) is 5.69 Å². The SMILES string of the molecule is Cc1nc(N)nc(-c2cncc(F)c2)c1[N+](=O)[O-]. The van der Waals surface area contributed by atoms with Crippen LogP contribution in [0.3, 0.4) is 0 Å². The van der Waals surface area contributed by atoms with Gasteiger partial charge in [-0.05, 0) is 13.0 Å². The van der Waals surface area contributed by atoms with Crippen LogP contribution in [0.25, 0.3) is 11.3 Å². The molecule has 2 aromatic rings. The molecule has 0 aliphatic rings. The van der Waals surface area contributed by atoms with Crippen LogP contribution in [0.5, 0.6) is 0 Å². The van der Waals surface area contributed by atoms with Crippen molar-refractivity contribution >= 4 is 11.6 Å². The molecule has 0 saturated heterocycles. The number of nitrogen functional groups attached to an aromatic ring is 1. The minimum atomic E-state index is -0.630. The van der Waals surface area contributed by atoms with E-state index in [1.54, 1.807) is 0 Å². The maximum absolute atomic E-state index is 13.1. The van der Waals surface area contributed by atoms with Crippen molar-refractivity contribution in [3.05, 3.63) is 40.1 Å². The molecular formula is C10H8FN5O2. The van der Waals surface area contributed by atoms with E-state index in [0.29, 0.717) is 0 Å². The van der Waals surface area contributed by atoms with E-state index < -0.39 is 10.7 Å². The van der Waals surface area contributed by atoms with E-state index in [9.17, 15) is 14.5 Å². The second-order valence-electron chi connectivity index (χ2n) is 3.51. The summed E-state index contributed by atoms with van der Waals surface area (Å²) in [6.45, 7) is 1.44. The first-order chi connectivity index (χ1) is 8.49. The molecule has 2 N–H and O–H groups in total. The van der Waals surface area contributed by atoms with Gasteiger partial charge in [0.25, 0.3) is 0 Å². The first-order valence-corrected chi connectivity index (χ1v) is 4.88. The van der Waals surface area contributed by atoms with E-state index in [1.807, 2.05) is 0 Å². The standard InChI is InChI=1S/C10H8FN5O2/c1-5-9(16(17)18)8(15-10(12)14-5)6-2-7(11)4-13-3-6/h2-4H,1H3,(H2,12,14,15). The number of hydrogen-bond acceptors (Lipinski definition) is 6. The van der Waals surface area contributed by atoms with Gasteiger partial charge >= 0.3 is 5.69 Å². The molecule has 0 spiro atoms. The van der Waals surface area contributed by atoms with Crippen molar-refractivity contribution in [2.75, 3.05) is 5.73 Å². The summed E-state index contributed by atoms with van der Waals surface area (Å²) < 4.78 is 13.1. The highest BCUT2D eigenvalue weighted by Gasteiger charge is 2.23. The number of aromatic nitrogens is 3. The van der Waals surface area contributed by atoms with Gasteiger partial charge in [0.05, 0.1) is 11.1 Å². The van der Waals surface area contributed by atoms with Crippen LogP contribution in [0.2, 0.25) is 0 Å². The van der Waals surface area contributed by atoms with E-state index in [4.69, 9.17) is 5.73 Å². The third-order valence-corrected chi connectivity index (χ3v) is 2.24. The van der Waals surface area contributed by atoms with Gasteiger partial charge in [-0.1, -0.05) is 0 Å². The Labute approximate surface area is 101 Å². The number of pyridine rings is 1. The molecule has 92 valence electrons. The molecule has 2 aromatic heterocycles. The molecule has 0 atom stereocenters. The van der Waals surface area contributed by atoms with Crippen molar-refractivity contribution in [1.82, 2.24) is 15.0 Å². The number of halogens is 1. The van der Waals surface area contributed by atoms with Crippen molar-refractivity contribution in [2.24, 2.45) is 0 Å². The molecule has 0 unspecified atom stereocenters. The normalized spacial score (nSPS) is 10.3. The topological polar surface area (TPSA) is 108 Å². The van der Waals surface area contributed by atoms with E-state index in [0.717, 1.165) is 12.3 Å². The highest BCUT2D eigenvalue weighted by molar-refractivity contribution is 5.71. The molecule has 7 nitrogen and oxygen atoms in total. The second kappa shape index (κ2) is 4.32. The molecule has 0 bridgehead atoms. The number of nitrogens with zero attached hydrogens (tertiary/aromatic N) is 4. The third-order valence-electron chi connectivity index (χ3n) is 2.24. The first kappa shape index (κ1) is 11.8. The number of aryl methyl sites for hydroxylation is 1. The molecule has 0 aliphatic heterocycles. The van der Waals surface area contributed by atoms with E-state index in [1.165, 1.54) is 13.1 Å². The maximum atomic E-state index is 13.1. The average Bonchev–Trinajstić information content (AvgIpc) is 2.27. The predicted octanol–water partition coefficient (Wildman–Crippen LogP) is 1.48. The van der Waals surface area contributed by atoms with E-state index in [-0.39, 0.29) is 28.6 Å². The molecular weight excluding hydrogens is 241 g/mol. The van der Waals surface area contributed by atoms with Gasteiger partial charge in [0.1, 0.15) is 11.5 Å². The summed E-state index contributed by atoms with van der Waals surface area (Å²) in [5, 5.41) is 11.0. The van der Waals surface area contributed by atoms with Crippen LogP contribution in [0.4, 0.5) is 16.0 Å². The van der Waals surface area contributed by atoms with E-state index >= 15 is 0 Å². The van der Waals surface area contributed by atoms with Crippen molar-refractivity contribution < 1.29 is 9.31 Å². The van der Waals surface area contributed by atoms with Crippen molar-refractivity contribution in [3.63, 3.8) is 0 Å². The highest BCUT2D eigenvalue weighted by atomic mass is 19.1. The molecule has 2 rings (SSSR count). The molecule has 0 amide bonds. The fourth-order valence-corrected chi connectivity index (χ4v) is 1.55. The van der Waals surface area contributed by atoms with Crippen LogP contribution in [0, 0.1) is 22.9 Å². The monoisotopic (exact) mass is 249 g/mol. The third kappa shape index (κ3) is 2.08. The lowest BCUT2D eigenvalue weighted by Gasteiger charge is -2.05. The Bertz CT molecular complexity index is 632. The number of rotatable bonds is 2. The lowest BCUT2D eigenvalue weighted by Crippen LogP contribution is -2.05. The molecule has 0 aliphatic carbocycles. The lowest BCUT2D eigenvalue weighted by atomic mass is 10.1. The lowest BCUT2D eigenvalue weighted by molar-refractivity contribution is -0.385. The quantitative estimate of drug-likeness (QED) is 0.637. The van der Waals surface area contributed by atoms with Gasteiger partial charge in [0, 0.05) is 11.8 Å². The van der Waals surface area contributed by atoms with Gasteiger partial charge in [-0.15, -0.1) is 0 Å².